The van der Waals surface area contributed by atoms with Crippen molar-refractivity contribution in [2.75, 3.05) is 5.73 Å². The van der Waals surface area contributed by atoms with Crippen molar-refractivity contribution in [3.63, 3.8) is 0 Å². The average Bonchev–Trinajstić information content (AvgIpc) is 2.11. The van der Waals surface area contributed by atoms with Gasteiger partial charge in [0, 0.05) is 15.8 Å². The number of hydrogen-bond acceptors (Lipinski definition) is 3. The Morgan fingerprint density at radius 1 is 1.36 bits per heavy atom. The van der Waals surface area contributed by atoms with Crippen molar-refractivity contribution in [2.24, 2.45) is 0 Å². The van der Waals surface area contributed by atoms with E-state index in [9.17, 15) is 5.11 Å². The molecule has 1 aromatic rings. The van der Waals surface area contributed by atoms with Crippen LogP contribution in [-0.2, 0) is 0 Å². The monoisotopic (exact) mass is 211 g/mol. The fourth-order valence-electron chi connectivity index (χ4n) is 1.04. The smallest absolute Gasteiger partial charge is 0.0631 e. The van der Waals surface area contributed by atoms with Crippen molar-refractivity contribution in [2.45, 2.75) is 37.0 Å². The minimum Gasteiger partial charge on any atom is -0.398 e. The maximum absolute atomic E-state index is 9.38. The van der Waals surface area contributed by atoms with Gasteiger partial charge in [-0.2, -0.15) is 0 Å². The van der Waals surface area contributed by atoms with Crippen LogP contribution in [0.4, 0.5) is 5.69 Å². The molecule has 2 nitrogen and oxygen atoms in total. The van der Waals surface area contributed by atoms with Gasteiger partial charge in [-0.3, -0.25) is 0 Å². The van der Waals surface area contributed by atoms with Crippen LogP contribution in [0, 0.1) is 6.92 Å². The second-order valence-electron chi connectivity index (χ2n) is 3.60. The van der Waals surface area contributed by atoms with Crippen LogP contribution in [0.3, 0.4) is 0 Å². The standard InChI is InChI=1S/C11H17NOS/c1-7-4-5-10(12)11(6-7)14-9(3)8(2)13/h4-6,8-9,13H,12H2,1-3H3. The molecular weight excluding hydrogens is 194 g/mol. The highest BCUT2D eigenvalue weighted by Gasteiger charge is 2.11. The van der Waals surface area contributed by atoms with E-state index in [-0.39, 0.29) is 11.4 Å². The lowest BCUT2D eigenvalue weighted by Gasteiger charge is -2.15. The Morgan fingerprint density at radius 3 is 2.57 bits per heavy atom. The van der Waals surface area contributed by atoms with E-state index in [0.717, 1.165) is 10.6 Å². The van der Waals surface area contributed by atoms with E-state index in [1.54, 1.807) is 18.7 Å². The molecule has 1 aromatic carbocycles. The number of aliphatic hydroxyl groups is 1. The molecule has 2 atom stereocenters. The van der Waals surface area contributed by atoms with Gasteiger partial charge in [0.2, 0.25) is 0 Å². The first-order chi connectivity index (χ1) is 6.50. The summed E-state index contributed by atoms with van der Waals surface area (Å²) in [6, 6.07) is 5.96. The van der Waals surface area contributed by atoms with E-state index < -0.39 is 0 Å². The van der Waals surface area contributed by atoms with Crippen molar-refractivity contribution in [3.05, 3.63) is 23.8 Å². The Hall–Kier alpha value is -0.670. The molecule has 3 N–H and O–H groups in total. The normalized spacial score (nSPS) is 15.1. The molecule has 0 amide bonds. The Balaban J connectivity index is 2.80. The van der Waals surface area contributed by atoms with Crippen LogP contribution in [0.1, 0.15) is 19.4 Å². The Labute approximate surface area is 89.5 Å². The lowest BCUT2D eigenvalue weighted by Crippen LogP contribution is -2.15. The van der Waals surface area contributed by atoms with Gasteiger partial charge in [-0.25, -0.2) is 0 Å². The number of rotatable bonds is 3. The number of aryl methyl sites for hydroxylation is 1. The number of aliphatic hydroxyl groups excluding tert-OH is 1. The second-order valence-corrected chi connectivity index (χ2v) is 5.02. The first-order valence-electron chi connectivity index (χ1n) is 4.71. The van der Waals surface area contributed by atoms with Crippen LogP contribution in [0.5, 0.6) is 0 Å². The molecule has 0 radical (unpaired) electrons. The SMILES string of the molecule is Cc1ccc(N)c(SC(C)C(C)O)c1. The molecule has 0 saturated heterocycles. The van der Waals surface area contributed by atoms with Gasteiger partial charge in [0.25, 0.3) is 0 Å². The zero-order chi connectivity index (χ0) is 10.7. The summed E-state index contributed by atoms with van der Waals surface area (Å²) >= 11 is 1.62. The molecule has 14 heavy (non-hydrogen) atoms. The van der Waals surface area contributed by atoms with Crippen LogP contribution in [0.2, 0.25) is 0 Å². The zero-order valence-electron chi connectivity index (χ0n) is 8.82. The molecule has 1 rings (SSSR count). The molecule has 0 saturated carbocycles. The lowest BCUT2D eigenvalue weighted by molar-refractivity contribution is 0.196. The number of benzene rings is 1. The first kappa shape index (κ1) is 11.4. The van der Waals surface area contributed by atoms with Crippen LogP contribution in [-0.4, -0.2) is 16.5 Å². The minimum atomic E-state index is -0.320. The molecule has 0 aromatic heterocycles. The number of hydrogen-bond donors (Lipinski definition) is 2. The third kappa shape index (κ3) is 2.93. The number of thioether (sulfide) groups is 1. The van der Waals surface area contributed by atoms with Crippen molar-refractivity contribution >= 4 is 17.4 Å². The average molecular weight is 211 g/mol. The van der Waals surface area contributed by atoms with Crippen molar-refractivity contribution in [3.8, 4) is 0 Å². The summed E-state index contributed by atoms with van der Waals surface area (Å²) in [5.74, 6) is 0. The van der Waals surface area contributed by atoms with Gasteiger partial charge in [0.05, 0.1) is 6.10 Å². The summed E-state index contributed by atoms with van der Waals surface area (Å²) in [6.45, 7) is 5.83. The van der Waals surface area contributed by atoms with Crippen LogP contribution in [0.25, 0.3) is 0 Å². The lowest BCUT2D eigenvalue weighted by atomic mass is 10.2. The van der Waals surface area contributed by atoms with E-state index in [1.807, 2.05) is 26.0 Å². The molecule has 0 aliphatic rings. The molecular formula is C11H17NOS. The molecule has 0 aliphatic carbocycles. The highest BCUT2D eigenvalue weighted by atomic mass is 32.2. The van der Waals surface area contributed by atoms with Gasteiger partial charge in [0.1, 0.15) is 0 Å². The van der Waals surface area contributed by atoms with Crippen LogP contribution >= 0.6 is 11.8 Å². The van der Waals surface area contributed by atoms with Gasteiger partial charge < -0.3 is 10.8 Å². The summed E-state index contributed by atoms with van der Waals surface area (Å²) in [5.41, 5.74) is 7.81. The van der Waals surface area contributed by atoms with E-state index in [0.29, 0.717) is 0 Å². The first-order valence-corrected chi connectivity index (χ1v) is 5.59. The zero-order valence-corrected chi connectivity index (χ0v) is 9.64. The van der Waals surface area contributed by atoms with Crippen LogP contribution < -0.4 is 5.73 Å². The Bertz CT molecular complexity index is 312. The van der Waals surface area contributed by atoms with Crippen molar-refractivity contribution < 1.29 is 5.11 Å². The third-order valence-corrected chi connectivity index (χ3v) is 3.53. The highest BCUT2D eigenvalue weighted by Crippen LogP contribution is 2.30. The van der Waals surface area contributed by atoms with Crippen molar-refractivity contribution in [1.82, 2.24) is 0 Å². The van der Waals surface area contributed by atoms with Gasteiger partial charge >= 0.3 is 0 Å². The maximum Gasteiger partial charge on any atom is 0.0631 e. The third-order valence-electron chi connectivity index (χ3n) is 2.16. The van der Waals surface area contributed by atoms with E-state index in [2.05, 4.69) is 6.07 Å². The predicted octanol–water partition coefficient (Wildman–Crippen LogP) is 2.44. The molecule has 78 valence electrons. The fraction of sp³-hybridized carbons (Fsp3) is 0.455. The summed E-state index contributed by atoms with van der Waals surface area (Å²) in [5, 5.41) is 9.55. The molecule has 0 heterocycles. The number of anilines is 1. The molecule has 0 spiro atoms. The Kier molecular flexibility index (Phi) is 3.84. The number of nitrogens with two attached hydrogens (primary N) is 1. The highest BCUT2D eigenvalue weighted by molar-refractivity contribution is 8.00. The van der Waals surface area contributed by atoms with Gasteiger partial charge in [-0.15, -0.1) is 11.8 Å². The molecule has 2 unspecified atom stereocenters. The molecule has 3 heteroatoms. The second kappa shape index (κ2) is 4.71. The van der Waals surface area contributed by atoms with Gasteiger partial charge in [-0.05, 0) is 31.5 Å². The van der Waals surface area contributed by atoms with Crippen molar-refractivity contribution in [1.29, 1.82) is 0 Å². The summed E-state index contributed by atoms with van der Waals surface area (Å²) in [4.78, 5) is 1.05. The topological polar surface area (TPSA) is 46.2 Å². The van der Waals surface area contributed by atoms with E-state index in [4.69, 9.17) is 5.73 Å². The van der Waals surface area contributed by atoms with Gasteiger partial charge in [0.15, 0.2) is 0 Å². The molecule has 0 fully saturated rings. The Morgan fingerprint density at radius 2 is 2.00 bits per heavy atom. The summed E-state index contributed by atoms with van der Waals surface area (Å²) < 4.78 is 0. The summed E-state index contributed by atoms with van der Waals surface area (Å²) in [6.07, 6.45) is -0.320. The van der Waals surface area contributed by atoms with Crippen LogP contribution in [0.15, 0.2) is 23.1 Å². The van der Waals surface area contributed by atoms with E-state index in [1.165, 1.54) is 5.56 Å². The molecule has 0 bridgehead atoms. The van der Waals surface area contributed by atoms with Gasteiger partial charge in [-0.1, -0.05) is 13.0 Å². The summed E-state index contributed by atoms with van der Waals surface area (Å²) in [7, 11) is 0. The number of nitrogen functional groups attached to an aromatic ring is 1. The molecule has 0 aliphatic heterocycles. The maximum atomic E-state index is 9.38. The van der Waals surface area contributed by atoms with E-state index >= 15 is 0 Å². The minimum absolute atomic E-state index is 0.166. The predicted molar refractivity (Wildman–Crippen MR) is 62.6 cm³/mol. The largest absolute Gasteiger partial charge is 0.398 e. The quantitative estimate of drug-likeness (QED) is 0.596. The fourth-order valence-corrected chi connectivity index (χ4v) is 2.10.